The highest BCUT2D eigenvalue weighted by Crippen LogP contribution is 2.24. The van der Waals surface area contributed by atoms with Crippen LogP contribution < -0.4 is 5.32 Å². The number of halogens is 2. The molecule has 0 heterocycles. The quantitative estimate of drug-likeness (QED) is 0.488. The largest absolute Gasteiger partial charge is 0.506 e. The number of amides is 1. The van der Waals surface area contributed by atoms with Gasteiger partial charge in [0.15, 0.2) is 0 Å². The van der Waals surface area contributed by atoms with Gasteiger partial charge in [-0.1, -0.05) is 35.3 Å². The smallest absolute Gasteiger partial charge is 0.256 e. The third kappa shape index (κ3) is 4.34. The first kappa shape index (κ1) is 17.1. The Labute approximate surface area is 144 Å². The van der Waals surface area contributed by atoms with Crippen LogP contribution in [0.4, 0.5) is 5.69 Å². The van der Waals surface area contributed by atoms with Crippen molar-refractivity contribution in [2.24, 2.45) is 4.99 Å². The molecule has 0 aliphatic rings. The Kier molecular flexibility index (Phi) is 5.79. The van der Waals surface area contributed by atoms with Crippen molar-refractivity contribution >= 4 is 46.8 Å². The molecule has 118 valence electrons. The summed E-state index contributed by atoms with van der Waals surface area (Å²) < 4.78 is 0. The van der Waals surface area contributed by atoms with Gasteiger partial charge in [0.2, 0.25) is 0 Å². The van der Waals surface area contributed by atoms with E-state index in [2.05, 4.69) is 10.3 Å². The predicted octanol–water partition coefficient (Wildman–Crippen LogP) is 4.41. The second kappa shape index (κ2) is 7.81. The number of likely N-dealkylation sites (N-methyl/N-ethyl adjacent to an activating group) is 1. The third-order valence-electron chi connectivity index (χ3n) is 3.03. The molecule has 2 aromatic carbocycles. The van der Waals surface area contributed by atoms with Gasteiger partial charge in [0, 0.05) is 23.8 Å². The van der Waals surface area contributed by atoms with Gasteiger partial charge >= 0.3 is 0 Å². The van der Waals surface area contributed by atoms with Gasteiger partial charge < -0.3 is 10.4 Å². The summed E-state index contributed by atoms with van der Waals surface area (Å²) in [6.45, 7) is 0. The summed E-state index contributed by atoms with van der Waals surface area (Å²) in [5.74, 6) is -0.715. The molecule has 0 aliphatic heterocycles. The number of hydrogen-bond donors (Lipinski definition) is 2. The number of benzene rings is 2. The van der Waals surface area contributed by atoms with Gasteiger partial charge in [-0.05, 0) is 36.4 Å². The van der Waals surface area contributed by atoms with Crippen LogP contribution in [0, 0.1) is 0 Å². The topological polar surface area (TPSA) is 61.7 Å². The maximum atomic E-state index is 12.0. The number of nitrogens with zero attached hydrogens (tertiary/aromatic N) is 1. The lowest BCUT2D eigenvalue weighted by Crippen LogP contribution is -2.22. The van der Waals surface area contributed by atoms with E-state index in [4.69, 9.17) is 23.2 Å². The molecule has 4 nitrogen and oxygen atoms in total. The Bertz CT molecular complexity index is 768. The lowest BCUT2D eigenvalue weighted by atomic mass is 10.1. The van der Waals surface area contributed by atoms with E-state index < -0.39 is 5.91 Å². The number of aliphatic imine (C=N–C) groups is 1. The van der Waals surface area contributed by atoms with E-state index >= 15 is 0 Å². The fraction of sp³-hybridized carbons (Fsp3) is 0.0588. The first-order chi connectivity index (χ1) is 11.0. The van der Waals surface area contributed by atoms with Gasteiger partial charge in [-0.3, -0.25) is 9.79 Å². The van der Waals surface area contributed by atoms with Crippen molar-refractivity contribution in [3.8, 4) is 0 Å². The van der Waals surface area contributed by atoms with Crippen molar-refractivity contribution in [1.29, 1.82) is 0 Å². The highest BCUT2D eigenvalue weighted by atomic mass is 35.5. The fourth-order valence-corrected chi connectivity index (χ4v) is 2.18. The normalized spacial score (nSPS) is 12.1. The van der Waals surface area contributed by atoms with Crippen LogP contribution in [0.5, 0.6) is 0 Å². The Hall–Kier alpha value is -2.30. The summed E-state index contributed by atoms with van der Waals surface area (Å²) >= 11 is 11.9. The molecule has 0 aliphatic carbocycles. The SMILES string of the molecule is CNC(=O)/C(C=Nc1ccc(Cl)cc1)=C(/O)c1ccccc1Cl. The molecular weight excluding hydrogens is 335 g/mol. The van der Waals surface area contributed by atoms with Gasteiger partial charge in [0.1, 0.15) is 5.76 Å². The van der Waals surface area contributed by atoms with Crippen LogP contribution in [-0.4, -0.2) is 24.3 Å². The lowest BCUT2D eigenvalue weighted by Gasteiger charge is -2.07. The molecule has 0 atom stereocenters. The summed E-state index contributed by atoms with van der Waals surface area (Å²) in [6, 6.07) is 13.5. The van der Waals surface area contributed by atoms with E-state index in [0.29, 0.717) is 21.3 Å². The van der Waals surface area contributed by atoms with Crippen LogP contribution in [-0.2, 0) is 4.79 Å². The molecule has 6 heteroatoms. The number of nitrogens with one attached hydrogen (secondary N) is 1. The standard InChI is InChI=1S/C17H14Cl2N2O2/c1-20-17(23)14(10-21-12-8-6-11(18)7-9-12)16(22)13-4-2-3-5-15(13)19/h2-10,22H,1H3,(H,20,23)/b16-14+,21-10?. The summed E-state index contributed by atoms with van der Waals surface area (Å²) in [6.07, 6.45) is 1.29. The number of aliphatic hydroxyl groups is 1. The zero-order valence-electron chi connectivity index (χ0n) is 12.3. The number of carbonyl (C=O) groups is 1. The number of hydrogen-bond acceptors (Lipinski definition) is 3. The molecule has 0 radical (unpaired) electrons. The van der Waals surface area contributed by atoms with Crippen LogP contribution in [0.2, 0.25) is 10.0 Å². The van der Waals surface area contributed by atoms with Crippen LogP contribution in [0.3, 0.4) is 0 Å². The molecule has 0 fully saturated rings. The van der Waals surface area contributed by atoms with Crippen molar-refractivity contribution < 1.29 is 9.90 Å². The average molecular weight is 349 g/mol. The second-order valence-electron chi connectivity index (χ2n) is 4.56. The Balaban J connectivity index is 2.45. The van der Waals surface area contributed by atoms with E-state index in [1.165, 1.54) is 13.3 Å². The molecule has 0 spiro atoms. The Morgan fingerprint density at radius 2 is 1.78 bits per heavy atom. The third-order valence-corrected chi connectivity index (χ3v) is 3.61. The minimum absolute atomic E-state index is 0.00977. The molecule has 0 saturated carbocycles. The molecule has 2 rings (SSSR count). The maximum absolute atomic E-state index is 12.0. The van der Waals surface area contributed by atoms with E-state index in [1.807, 2.05) is 0 Å². The monoisotopic (exact) mass is 348 g/mol. The van der Waals surface area contributed by atoms with Gasteiger partial charge in [-0.2, -0.15) is 0 Å². The van der Waals surface area contributed by atoms with Crippen molar-refractivity contribution in [3.63, 3.8) is 0 Å². The molecule has 0 aromatic heterocycles. The highest BCUT2D eigenvalue weighted by Gasteiger charge is 2.15. The molecule has 2 aromatic rings. The second-order valence-corrected chi connectivity index (χ2v) is 5.40. The van der Waals surface area contributed by atoms with Gasteiger partial charge in [0.05, 0.1) is 16.3 Å². The van der Waals surface area contributed by atoms with E-state index in [1.54, 1.807) is 48.5 Å². The van der Waals surface area contributed by atoms with Crippen molar-refractivity contribution in [3.05, 3.63) is 69.7 Å². The van der Waals surface area contributed by atoms with Crippen LogP contribution in [0.1, 0.15) is 5.56 Å². The highest BCUT2D eigenvalue weighted by molar-refractivity contribution is 6.33. The molecule has 2 N–H and O–H groups in total. The van der Waals surface area contributed by atoms with Crippen LogP contribution in [0.25, 0.3) is 5.76 Å². The number of rotatable bonds is 4. The summed E-state index contributed by atoms with van der Waals surface area (Å²) in [5.41, 5.74) is 0.966. The lowest BCUT2D eigenvalue weighted by molar-refractivity contribution is -0.116. The van der Waals surface area contributed by atoms with Crippen molar-refractivity contribution in [1.82, 2.24) is 5.32 Å². The number of aliphatic hydroxyl groups excluding tert-OH is 1. The molecule has 1 amide bonds. The zero-order valence-corrected chi connectivity index (χ0v) is 13.8. The van der Waals surface area contributed by atoms with Crippen molar-refractivity contribution in [2.75, 3.05) is 7.05 Å². The summed E-state index contributed by atoms with van der Waals surface area (Å²) in [7, 11) is 1.47. The molecule has 0 unspecified atom stereocenters. The van der Waals surface area contributed by atoms with E-state index in [0.717, 1.165) is 0 Å². The molecule has 0 saturated heterocycles. The first-order valence-corrected chi connectivity index (χ1v) is 7.48. The molecule has 0 bridgehead atoms. The van der Waals surface area contributed by atoms with Crippen LogP contribution in [0.15, 0.2) is 59.1 Å². The Morgan fingerprint density at radius 3 is 2.39 bits per heavy atom. The zero-order chi connectivity index (χ0) is 16.8. The molecular formula is C17H14Cl2N2O2. The van der Waals surface area contributed by atoms with Crippen LogP contribution >= 0.6 is 23.2 Å². The summed E-state index contributed by atoms with van der Waals surface area (Å²) in [4.78, 5) is 16.2. The maximum Gasteiger partial charge on any atom is 0.256 e. The number of carbonyl (C=O) groups excluding carboxylic acids is 1. The minimum atomic E-state index is -0.472. The average Bonchev–Trinajstić information content (AvgIpc) is 2.56. The van der Waals surface area contributed by atoms with E-state index in [-0.39, 0.29) is 11.3 Å². The minimum Gasteiger partial charge on any atom is -0.506 e. The fourth-order valence-electron chi connectivity index (χ4n) is 1.83. The Morgan fingerprint density at radius 1 is 1.13 bits per heavy atom. The van der Waals surface area contributed by atoms with Gasteiger partial charge in [0.25, 0.3) is 5.91 Å². The summed E-state index contributed by atoms with van der Waals surface area (Å²) in [5, 5.41) is 13.8. The van der Waals surface area contributed by atoms with Gasteiger partial charge in [-0.15, -0.1) is 0 Å². The van der Waals surface area contributed by atoms with E-state index in [9.17, 15) is 9.90 Å². The predicted molar refractivity (Wildman–Crippen MR) is 94.7 cm³/mol. The van der Waals surface area contributed by atoms with Crippen molar-refractivity contribution in [2.45, 2.75) is 0 Å². The first-order valence-electron chi connectivity index (χ1n) is 6.72. The molecule has 23 heavy (non-hydrogen) atoms. The van der Waals surface area contributed by atoms with Gasteiger partial charge in [-0.25, -0.2) is 0 Å².